The molecule has 2 heterocycles. The number of rotatable bonds is 4. The zero-order valence-corrected chi connectivity index (χ0v) is 11.9. The molecule has 4 nitrogen and oxygen atoms in total. The smallest absolute Gasteiger partial charge is 0.132 e. The lowest BCUT2D eigenvalue weighted by atomic mass is 10.2. The Morgan fingerprint density at radius 3 is 2.72 bits per heavy atom. The molecule has 18 heavy (non-hydrogen) atoms. The molecule has 2 rings (SSSR count). The third-order valence-corrected chi connectivity index (χ3v) is 3.45. The van der Waals surface area contributed by atoms with Gasteiger partial charge in [0.05, 0.1) is 0 Å². The topological polar surface area (TPSA) is 41.0 Å². The van der Waals surface area contributed by atoms with Crippen LogP contribution in [0.5, 0.6) is 0 Å². The van der Waals surface area contributed by atoms with Crippen LogP contribution in [-0.2, 0) is 0 Å². The standard InChI is InChI=1S/C14H24N4/c1-10(2)18(9-13-6-5-7-15-13)14-8-11(3)16-12(4)17-14/h8,10,13,15H,5-7,9H2,1-4H3. The zero-order chi connectivity index (χ0) is 13.1. The molecular formula is C14H24N4. The van der Waals surface area contributed by atoms with Gasteiger partial charge in [-0.15, -0.1) is 0 Å². The molecule has 0 radical (unpaired) electrons. The van der Waals surface area contributed by atoms with Crippen molar-refractivity contribution in [1.82, 2.24) is 15.3 Å². The van der Waals surface area contributed by atoms with E-state index in [1.54, 1.807) is 0 Å². The number of hydrogen-bond acceptors (Lipinski definition) is 4. The second-order valence-electron chi connectivity index (χ2n) is 5.45. The second kappa shape index (κ2) is 5.65. The summed E-state index contributed by atoms with van der Waals surface area (Å²) in [5.41, 5.74) is 1.04. The number of hydrogen-bond donors (Lipinski definition) is 1. The van der Waals surface area contributed by atoms with Crippen LogP contribution in [-0.4, -0.2) is 35.1 Å². The molecule has 1 saturated heterocycles. The molecule has 1 aliphatic rings. The van der Waals surface area contributed by atoms with E-state index in [-0.39, 0.29) is 0 Å². The quantitative estimate of drug-likeness (QED) is 0.885. The van der Waals surface area contributed by atoms with Gasteiger partial charge < -0.3 is 10.2 Å². The van der Waals surface area contributed by atoms with Crippen LogP contribution >= 0.6 is 0 Å². The van der Waals surface area contributed by atoms with Crippen LogP contribution in [0.15, 0.2) is 6.07 Å². The van der Waals surface area contributed by atoms with E-state index in [0.717, 1.165) is 30.4 Å². The van der Waals surface area contributed by atoms with Crippen molar-refractivity contribution in [2.24, 2.45) is 0 Å². The fourth-order valence-electron chi connectivity index (χ4n) is 2.56. The SMILES string of the molecule is Cc1cc(N(CC2CCCN2)C(C)C)nc(C)n1. The van der Waals surface area contributed by atoms with E-state index in [1.165, 1.54) is 12.8 Å². The lowest BCUT2D eigenvalue weighted by Gasteiger charge is -2.30. The van der Waals surface area contributed by atoms with Gasteiger partial charge in [0.1, 0.15) is 11.6 Å². The van der Waals surface area contributed by atoms with Gasteiger partial charge in [-0.3, -0.25) is 0 Å². The predicted octanol–water partition coefficient (Wildman–Crippen LogP) is 2.06. The maximum absolute atomic E-state index is 4.58. The fourth-order valence-corrected chi connectivity index (χ4v) is 2.56. The molecule has 1 unspecified atom stereocenters. The van der Waals surface area contributed by atoms with Crippen molar-refractivity contribution < 1.29 is 0 Å². The highest BCUT2D eigenvalue weighted by Crippen LogP contribution is 2.18. The largest absolute Gasteiger partial charge is 0.353 e. The van der Waals surface area contributed by atoms with E-state index < -0.39 is 0 Å². The molecule has 0 bridgehead atoms. The van der Waals surface area contributed by atoms with E-state index >= 15 is 0 Å². The van der Waals surface area contributed by atoms with Crippen molar-refractivity contribution >= 4 is 5.82 Å². The number of nitrogens with one attached hydrogen (secondary N) is 1. The first-order chi connectivity index (χ1) is 8.56. The third-order valence-electron chi connectivity index (χ3n) is 3.45. The number of aromatic nitrogens is 2. The summed E-state index contributed by atoms with van der Waals surface area (Å²) in [5, 5.41) is 3.56. The van der Waals surface area contributed by atoms with Gasteiger partial charge in [0, 0.05) is 30.4 Å². The zero-order valence-electron chi connectivity index (χ0n) is 11.9. The molecule has 100 valence electrons. The fraction of sp³-hybridized carbons (Fsp3) is 0.714. The van der Waals surface area contributed by atoms with Crippen molar-refractivity contribution in [1.29, 1.82) is 0 Å². The summed E-state index contributed by atoms with van der Waals surface area (Å²) < 4.78 is 0. The highest BCUT2D eigenvalue weighted by molar-refractivity contribution is 5.41. The summed E-state index contributed by atoms with van der Waals surface area (Å²) in [6, 6.07) is 3.14. The van der Waals surface area contributed by atoms with E-state index in [1.807, 2.05) is 13.8 Å². The monoisotopic (exact) mass is 248 g/mol. The maximum atomic E-state index is 4.58. The average Bonchev–Trinajstić information content (AvgIpc) is 2.76. The molecule has 0 aromatic carbocycles. The van der Waals surface area contributed by atoms with Crippen molar-refractivity contribution in [2.45, 2.75) is 52.6 Å². The highest BCUT2D eigenvalue weighted by atomic mass is 15.2. The van der Waals surface area contributed by atoms with E-state index in [2.05, 4.69) is 40.1 Å². The summed E-state index contributed by atoms with van der Waals surface area (Å²) in [4.78, 5) is 11.3. The van der Waals surface area contributed by atoms with Crippen molar-refractivity contribution in [3.8, 4) is 0 Å². The predicted molar refractivity (Wildman–Crippen MR) is 75.0 cm³/mol. The van der Waals surface area contributed by atoms with Crippen LogP contribution in [0, 0.1) is 13.8 Å². The van der Waals surface area contributed by atoms with Crippen molar-refractivity contribution in [2.75, 3.05) is 18.0 Å². The van der Waals surface area contributed by atoms with Gasteiger partial charge >= 0.3 is 0 Å². The average molecular weight is 248 g/mol. The van der Waals surface area contributed by atoms with E-state index in [4.69, 9.17) is 0 Å². The molecule has 0 spiro atoms. The van der Waals surface area contributed by atoms with Gasteiger partial charge in [0.2, 0.25) is 0 Å². The first-order valence-electron chi connectivity index (χ1n) is 6.88. The lowest BCUT2D eigenvalue weighted by molar-refractivity contribution is 0.548. The molecule has 4 heteroatoms. The molecule has 0 saturated carbocycles. The Hall–Kier alpha value is -1.16. The van der Waals surface area contributed by atoms with Crippen LogP contribution in [0.25, 0.3) is 0 Å². The van der Waals surface area contributed by atoms with Crippen LogP contribution in [0.2, 0.25) is 0 Å². The van der Waals surface area contributed by atoms with Crippen LogP contribution in [0.1, 0.15) is 38.2 Å². The molecular weight excluding hydrogens is 224 g/mol. The molecule has 1 atom stereocenters. The van der Waals surface area contributed by atoms with Gasteiger partial charge in [0.15, 0.2) is 0 Å². The Bertz CT molecular complexity index is 377. The maximum Gasteiger partial charge on any atom is 0.132 e. The summed E-state index contributed by atoms with van der Waals surface area (Å²) in [6.45, 7) is 10.6. The Morgan fingerprint density at radius 1 is 1.39 bits per heavy atom. The molecule has 1 N–H and O–H groups in total. The van der Waals surface area contributed by atoms with E-state index in [0.29, 0.717) is 12.1 Å². The van der Waals surface area contributed by atoms with Gasteiger partial charge in [-0.1, -0.05) is 0 Å². The second-order valence-corrected chi connectivity index (χ2v) is 5.45. The Labute approximate surface area is 110 Å². The van der Waals surface area contributed by atoms with Crippen molar-refractivity contribution in [3.05, 3.63) is 17.6 Å². The van der Waals surface area contributed by atoms with Gasteiger partial charge in [-0.25, -0.2) is 9.97 Å². The third kappa shape index (κ3) is 3.19. The van der Waals surface area contributed by atoms with Gasteiger partial charge in [-0.05, 0) is 47.1 Å². The minimum atomic E-state index is 0.459. The molecule has 1 aromatic rings. The van der Waals surface area contributed by atoms with E-state index in [9.17, 15) is 0 Å². The van der Waals surface area contributed by atoms with Gasteiger partial charge in [-0.2, -0.15) is 0 Å². The minimum Gasteiger partial charge on any atom is -0.353 e. The Morgan fingerprint density at radius 2 is 2.17 bits per heavy atom. The van der Waals surface area contributed by atoms with Crippen LogP contribution < -0.4 is 10.2 Å². The van der Waals surface area contributed by atoms with Crippen LogP contribution in [0.4, 0.5) is 5.82 Å². The van der Waals surface area contributed by atoms with Gasteiger partial charge in [0.25, 0.3) is 0 Å². The molecule has 1 aromatic heterocycles. The summed E-state index contributed by atoms with van der Waals surface area (Å²) in [5.74, 6) is 1.92. The van der Waals surface area contributed by atoms with Crippen LogP contribution in [0.3, 0.4) is 0 Å². The number of anilines is 1. The number of aryl methyl sites for hydroxylation is 2. The summed E-state index contributed by atoms with van der Waals surface area (Å²) >= 11 is 0. The Balaban J connectivity index is 2.17. The molecule has 1 fully saturated rings. The summed E-state index contributed by atoms with van der Waals surface area (Å²) in [6.07, 6.45) is 2.56. The number of nitrogens with zero attached hydrogens (tertiary/aromatic N) is 3. The summed E-state index contributed by atoms with van der Waals surface area (Å²) in [7, 11) is 0. The Kier molecular flexibility index (Phi) is 4.17. The molecule has 0 amide bonds. The minimum absolute atomic E-state index is 0.459. The molecule has 0 aliphatic carbocycles. The van der Waals surface area contributed by atoms with Crippen molar-refractivity contribution in [3.63, 3.8) is 0 Å². The molecule has 1 aliphatic heterocycles. The highest BCUT2D eigenvalue weighted by Gasteiger charge is 2.21. The first-order valence-corrected chi connectivity index (χ1v) is 6.88. The first kappa shape index (κ1) is 13.3. The normalized spacial score (nSPS) is 19.5. The lowest BCUT2D eigenvalue weighted by Crippen LogP contribution is -2.42.